The summed E-state index contributed by atoms with van der Waals surface area (Å²) in [6, 6.07) is 6.34. The van der Waals surface area contributed by atoms with E-state index in [0.717, 1.165) is 21.7 Å². The van der Waals surface area contributed by atoms with Crippen molar-refractivity contribution in [2.24, 2.45) is 0 Å². The zero-order chi connectivity index (χ0) is 15.2. The van der Waals surface area contributed by atoms with Gasteiger partial charge in [0.05, 0.1) is 5.35 Å². The highest BCUT2D eigenvalue weighted by Gasteiger charge is 1.99. The van der Waals surface area contributed by atoms with E-state index in [1.807, 2.05) is 19.9 Å². The first-order chi connectivity index (χ1) is 10.1. The van der Waals surface area contributed by atoms with Crippen molar-refractivity contribution in [1.29, 1.82) is 0 Å². The van der Waals surface area contributed by atoms with Gasteiger partial charge in [0.2, 0.25) is 5.95 Å². The van der Waals surface area contributed by atoms with Crippen LogP contribution in [0.3, 0.4) is 0 Å². The van der Waals surface area contributed by atoms with Crippen LogP contribution in [0.5, 0.6) is 0 Å². The molecule has 0 unspecified atom stereocenters. The van der Waals surface area contributed by atoms with Crippen molar-refractivity contribution in [2.45, 2.75) is 20.4 Å². The summed E-state index contributed by atoms with van der Waals surface area (Å²) in [5.41, 5.74) is 2.12. The van der Waals surface area contributed by atoms with E-state index in [1.165, 1.54) is 12.1 Å². The molecule has 0 saturated heterocycles. The Hall–Kier alpha value is -2.49. The average molecular weight is 283 g/mol. The van der Waals surface area contributed by atoms with Crippen molar-refractivity contribution in [2.75, 3.05) is 5.32 Å². The van der Waals surface area contributed by atoms with Gasteiger partial charge in [-0.3, -0.25) is 0 Å². The molecule has 0 fully saturated rings. The fraction of sp³-hybridized carbons (Fsp3) is 0.176. The lowest BCUT2D eigenvalue weighted by Gasteiger charge is -2.05. The minimum absolute atomic E-state index is 0.240. The van der Waals surface area contributed by atoms with E-state index in [2.05, 4.69) is 21.9 Å². The summed E-state index contributed by atoms with van der Waals surface area (Å²) in [5, 5.41) is 4.97. The Morgan fingerprint density at radius 2 is 2.00 bits per heavy atom. The first-order valence-electron chi connectivity index (χ1n) is 6.72. The fourth-order valence-corrected chi connectivity index (χ4v) is 1.89. The van der Waals surface area contributed by atoms with Crippen LogP contribution in [0, 0.1) is 5.82 Å². The van der Waals surface area contributed by atoms with E-state index in [4.69, 9.17) is 0 Å². The largest absolute Gasteiger partial charge is 0.350 e. The maximum atomic E-state index is 12.8. The van der Waals surface area contributed by atoms with E-state index in [0.29, 0.717) is 12.5 Å². The van der Waals surface area contributed by atoms with E-state index in [9.17, 15) is 4.39 Å². The number of rotatable bonds is 4. The van der Waals surface area contributed by atoms with Crippen molar-refractivity contribution in [3.63, 3.8) is 0 Å². The predicted octanol–water partition coefficient (Wildman–Crippen LogP) is 2.38. The molecule has 2 rings (SSSR count). The molecule has 4 heteroatoms. The molecule has 0 amide bonds. The Kier molecular flexibility index (Phi) is 4.82. The zero-order valence-electron chi connectivity index (χ0n) is 12.2. The number of hydrogen-bond donors (Lipinski definition) is 1. The summed E-state index contributed by atoms with van der Waals surface area (Å²) in [6.45, 7) is 8.29. The smallest absolute Gasteiger partial charge is 0.223 e. The van der Waals surface area contributed by atoms with E-state index < -0.39 is 0 Å². The molecule has 2 aromatic rings. The average Bonchev–Trinajstić information content (AvgIpc) is 2.47. The number of aromatic nitrogens is 2. The third kappa shape index (κ3) is 3.99. The summed E-state index contributed by atoms with van der Waals surface area (Å²) < 4.78 is 12.8. The molecule has 108 valence electrons. The monoisotopic (exact) mass is 283 g/mol. The van der Waals surface area contributed by atoms with Gasteiger partial charge in [-0.1, -0.05) is 30.4 Å². The van der Waals surface area contributed by atoms with Crippen LogP contribution in [0.15, 0.2) is 43.1 Å². The summed E-state index contributed by atoms with van der Waals surface area (Å²) in [6.07, 6.45) is 5.36. The second-order valence-electron chi connectivity index (χ2n) is 4.87. The maximum absolute atomic E-state index is 12.8. The molecule has 0 saturated carbocycles. The highest BCUT2D eigenvalue weighted by molar-refractivity contribution is 5.43. The third-order valence-corrected chi connectivity index (χ3v) is 3.00. The minimum Gasteiger partial charge on any atom is -0.350 e. The van der Waals surface area contributed by atoms with Crippen LogP contribution in [0.4, 0.5) is 10.3 Å². The highest BCUT2D eigenvalue weighted by atomic mass is 19.1. The Balaban J connectivity index is 2.24. The van der Waals surface area contributed by atoms with Gasteiger partial charge in [-0.05, 0) is 37.6 Å². The molecule has 1 heterocycles. The van der Waals surface area contributed by atoms with Crippen molar-refractivity contribution in [3.8, 4) is 0 Å². The summed E-state index contributed by atoms with van der Waals surface area (Å²) >= 11 is 0. The van der Waals surface area contributed by atoms with Gasteiger partial charge < -0.3 is 5.32 Å². The number of anilines is 1. The molecule has 0 aliphatic rings. The van der Waals surface area contributed by atoms with Gasteiger partial charge in [0.15, 0.2) is 0 Å². The summed E-state index contributed by atoms with van der Waals surface area (Å²) in [5.74, 6) is 0.300. The Morgan fingerprint density at radius 1 is 1.29 bits per heavy atom. The standard InChI is InChI=1S/C17H18FN3/c1-4-5-16-15(12(2)3)11-20-17(21-16)19-10-13-6-8-14(18)9-7-13/h4-9,11H,1,10H2,2-3H3,(H,19,21)/b16-5+. The van der Waals surface area contributed by atoms with E-state index in [-0.39, 0.29) is 5.82 Å². The van der Waals surface area contributed by atoms with Gasteiger partial charge in [0, 0.05) is 18.0 Å². The molecule has 21 heavy (non-hydrogen) atoms. The highest BCUT2D eigenvalue weighted by Crippen LogP contribution is 2.04. The van der Waals surface area contributed by atoms with Crippen LogP contribution in [0.1, 0.15) is 19.4 Å². The summed E-state index contributed by atoms with van der Waals surface area (Å²) in [7, 11) is 0. The number of hydrogen-bond acceptors (Lipinski definition) is 3. The molecular formula is C17H18FN3. The zero-order valence-corrected chi connectivity index (χ0v) is 12.2. The van der Waals surface area contributed by atoms with Crippen molar-refractivity contribution in [1.82, 2.24) is 9.97 Å². The SMILES string of the molecule is C=C/C=c1/nc(NCc2ccc(F)cc2)ncc1=C(C)C. The molecular weight excluding hydrogens is 265 g/mol. The molecule has 1 aromatic carbocycles. The number of nitrogens with one attached hydrogen (secondary N) is 1. The molecule has 3 nitrogen and oxygen atoms in total. The second kappa shape index (κ2) is 6.79. The summed E-state index contributed by atoms with van der Waals surface area (Å²) in [4.78, 5) is 8.78. The van der Waals surface area contributed by atoms with Crippen LogP contribution in [0.25, 0.3) is 11.6 Å². The van der Waals surface area contributed by atoms with Crippen LogP contribution in [-0.2, 0) is 6.54 Å². The first-order valence-corrected chi connectivity index (χ1v) is 6.72. The molecule has 0 spiro atoms. The first kappa shape index (κ1) is 14.9. The molecule has 0 bridgehead atoms. The van der Waals surface area contributed by atoms with E-state index in [1.54, 1.807) is 24.4 Å². The lowest BCUT2D eigenvalue weighted by Crippen LogP contribution is -2.31. The topological polar surface area (TPSA) is 37.8 Å². The second-order valence-corrected chi connectivity index (χ2v) is 4.87. The van der Waals surface area contributed by atoms with Gasteiger partial charge in [-0.25, -0.2) is 14.4 Å². The lowest BCUT2D eigenvalue weighted by molar-refractivity contribution is 0.627. The molecule has 0 aliphatic carbocycles. The molecule has 0 radical (unpaired) electrons. The Morgan fingerprint density at radius 3 is 2.62 bits per heavy atom. The van der Waals surface area contributed by atoms with E-state index >= 15 is 0 Å². The number of allylic oxidation sites excluding steroid dienone is 1. The molecule has 1 aromatic heterocycles. The number of benzene rings is 1. The third-order valence-electron chi connectivity index (χ3n) is 3.00. The molecule has 1 N–H and O–H groups in total. The van der Waals surface area contributed by atoms with Gasteiger partial charge in [-0.15, -0.1) is 0 Å². The maximum Gasteiger partial charge on any atom is 0.223 e. The van der Waals surface area contributed by atoms with Crippen molar-refractivity contribution >= 4 is 17.6 Å². The van der Waals surface area contributed by atoms with Gasteiger partial charge in [0.1, 0.15) is 5.82 Å². The van der Waals surface area contributed by atoms with Crippen molar-refractivity contribution in [3.05, 3.63) is 65.1 Å². The number of halogens is 1. The molecule has 0 atom stereocenters. The molecule has 0 aliphatic heterocycles. The fourth-order valence-electron chi connectivity index (χ4n) is 1.89. The Labute approximate surface area is 123 Å². The Bertz CT molecular complexity index is 745. The quantitative estimate of drug-likeness (QED) is 0.936. The normalized spacial score (nSPS) is 11.3. The lowest BCUT2D eigenvalue weighted by atomic mass is 10.2. The van der Waals surface area contributed by atoms with Gasteiger partial charge in [-0.2, -0.15) is 0 Å². The van der Waals surface area contributed by atoms with Gasteiger partial charge in [0.25, 0.3) is 0 Å². The van der Waals surface area contributed by atoms with Crippen LogP contribution in [0.2, 0.25) is 0 Å². The van der Waals surface area contributed by atoms with Crippen LogP contribution < -0.4 is 15.9 Å². The minimum atomic E-state index is -0.240. The van der Waals surface area contributed by atoms with Crippen molar-refractivity contribution < 1.29 is 4.39 Å². The predicted molar refractivity (Wildman–Crippen MR) is 84.4 cm³/mol. The number of nitrogens with zero attached hydrogens (tertiary/aromatic N) is 2. The van der Waals surface area contributed by atoms with Gasteiger partial charge >= 0.3 is 0 Å². The van der Waals surface area contributed by atoms with Crippen LogP contribution in [-0.4, -0.2) is 9.97 Å². The van der Waals surface area contributed by atoms with Crippen LogP contribution >= 0.6 is 0 Å².